The molecule has 2 aromatic carbocycles. The summed E-state index contributed by atoms with van der Waals surface area (Å²) in [5.41, 5.74) is 1.34. The Labute approximate surface area is 144 Å². The van der Waals surface area contributed by atoms with E-state index in [0.29, 0.717) is 10.6 Å². The van der Waals surface area contributed by atoms with Gasteiger partial charge >= 0.3 is 12.1 Å². The molecule has 1 amide bonds. The maximum absolute atomic E-state index is 11.9. The van der Waals surface area contributed by atoms with E-state index in [2.05, 4.69) is 10.1 Å². The van der Waals surface area contributed by atoms with Crippen LogP contribution in [0.25, 0.3) is 6.08 Å². The normalized spacial score (nSPS) is 10.8. The second-order valence-electron chi connectivity index (χ2n) is 4.76. The Bertz CT molecular complexity index is 744. The van der Waals surface area contributed by atoms with Crippen LogP contribution in [0.3, 0.4) is 0 Å². The Morgan fingerprint density at radius 2 is 1.75 bits per heavy atom. The zero-order chi connectivity index (χ0) is 17.4. The van der Waals surface area contributed by atoms with Crippen LogP contribution in [-0.2, 0) is 20.9 Å². The molecule has 5 nitrogen and oxygen atoms in total. The third kappa shape index (κ3) is 5.14. The molecule has 1 N–H and O–H groups in total. The zero-order valence-electron chi connectivity index (χ0n) is 13.0. The first-order chi connectivity index (χ1) is 11.6. The molecule has 0 bridgehead atoms. The number of rotatable bonds is 5. The van der Waals surface area contributed by atoms with E-state index < -0.39 is 12.1 Å². The highest BCUT2D eigenvalue weighted by molar-refractivity contribution is 6.32. The van der Waals surface area contributed by atoms with Crippen LogP contribution < -0.4 is 5.32 Å². The van der Waals surface area contributed by atoms with Gasteiger partial charge in [0.2, 0.25) is 0 Å². The molecule has 0 fully saturated rings. The maximum Gasteiger partial charge on any atom is 0.412 e. The van der Waals surface area contributed by atoms with Crippen molar-refractivity contribution in [3.8, 4) is 0 Å². The second-order valence-corrected chi connectivity index (χ2v) is 5.17. The lowest BCUT2D eigenvalue weighted by atomic mass is 10.2. The summed E-state index contributed by atoms with van der Waals surface area (Å²) in [5, 5.41) is 2.82. The molecule has 0 saturated carbocycles. The molecule has 6 heteroatoms. The van der Waals surface area contributed by atoms with Gasteiger partial charge in [-0.15, -0.1) is 0 Å². The van der Waals surface area contributed by atoms with Gasteiger partial charge < -0.3 is 9.47 Å². The topological polar surface area (TPSA) is 64.6 Å². The number of hydrogen-bond acceptors (Lipinski definition) is 4. The predicted molar refractivity (Wildman–Crippen MR) is 91.2 cm³/mol. The van der Waals surface area contributed by atoms with Gasteiger partial charge in [-0.1, -0.05) is 60.1 Å². The van der Waals surface area contributed by atoms with Crippen molar-refractivity contribution in [1.29, 1.82) is 0 Å². The number of amides is 1. The van der Waals surface area contributed by atoms with Gasteiger partial charge in [0, 0.05) is 5.02 Å². The molecule has 124 valence electrons. The Kier molecular flexibility index (Phi) is 6.40. The fourth-order valence-corrected chi connectivity index (χ4v) is 2.06. The molecule has 0 spiro atoms. The lowest BCUT2D eigenvalue weighted by Crippen LogP contribution is -2.28. The number of benzene rings is 2. The highest BCUT2D eigenvalue weighted by Crippen LogP contribution is 2.18. The van der Waals surface area contributed by atoms with Gasteiger partial charge in [-0.05, 0) is 23.3 Å². The van der Waals surface area contributed by atoms with Gasteiger partial charge in [-0.3, -0.25) is 5.32 Å². The summed E-state index contributed by atoms with van der Waals surface area (Å²) in [4.78, 5) is 23.7. The summed E-state index contributed by atoms with van der Waals surface area (Å²) >= 11 is 6.05. The summed E-state index contributed by atoms with van der Waals surface area (Å²) in [6.45, 7) is 0.0905. The molecule has 0 unspecified atom stereocenters. The lowest BCUT2D eigenvalue weighted by molar-refractivity contribution is -0.136. The van der Waals surface area contributed by atoms with Crippen LogP contribution in [0.2, 0.25) is 5.02 Å². The van der Waals surface area contributed by atoms with Crippen LogP contribution in [0.5, 0.6) is 0 Å². The quantitative estimate of drug-likeness (QED) is 0.661. The van der Waals surface area contributed by atoms with Gasteiger partial charge in [0.05, 0.1) is 7.11 Å². The van der Waals surface area contributed by atoms with Gasteiger partial charge in [0.1, 0.15) is 12.3 Å². The molecule has 0 heterocycles. The number of alkyl carbamates (subject to hydrolysis) is 1. The van der Waals surface area contributed by atoms with Gasteiger partial charge in [-0.25, -0.2) is 9.59 Å². The number of esters is 1. The van der Waals surface area contributed by atoms with E-state index in [0.717, 1.165) is 5.56 Å². The van der Waals surface area contributed by atoms with E-state index >= 15 is 0 Å². The first kappa shape index (κ1) is 17.6. The van der Waals surface area contributed by atoms with Crippen molar-refractivity contribution >= 4 is 29.7 Å². The highest BCUT2D eigenvalue weighted by Gasteiger charge is 2.15. The SMILES string of the molecule is COC(=O)/C(=C/c1ccccc1Cl)NC(=O)OCc1ccccc1. The largest absolute Gasteiger partial charge is 0.464 e. The first-order valence-electron chi connectivity index (χ1n) is 7.12. The summed E-state index contributed by atoms with van der Waals surface area (Å²) in [5.74, 6) is -0.702. The summed E-state index contributed by atoms with van der Waals surface area (Å²) in [6.07, 6.45) is 0.667. The lowest BCUT2D eigenvalue weighted by Gasteiger charge is -2.09. The summed E-state index contributed by atoms with van der Waals surface area (Å²) in [7, 11) is 1.22. The minimum absolute atomic E-state index is 0.0661. The summed E-state index contributed by atoms with van der Waals surface area (Å²) in [6, 6.07) is 16.1. The monoisotopic (exact) mass is 345 g/mol. The van der Waals surface area contributed by atoms with Gasteiger partial charge in [-0.2, -0.15) is 0 Å². The highest BCUT2D eigenvalue weighted by atomic mass is 35.5. The van der Waals surface area contributed by atoms with Crippen LogP contribution in [0.15, 0.2) is 60.3 Å². The van der Waals surface area contributed by atoms with Crippen molar-refractivity contribution in [2.45, 2.75) is 6.61 Å². The van der Waals surface area contributed by atoms with Crippen molar-refractivity contribution in [1.82, 2.24) is 5.32 Å². The van der Waals surface area contributed by atoms with E-state index in [-0.39, 0.29) is 12.3 Å². The predicted octanol–water partition coefficient (Wildman–Crippen LogP) is 3.78. The maximum atomic E-state index is 11.9. The third-order valence-electron chi connectivity index (χ3n) is 3.06. The van der Waals surface area contributed by atoms with Crippen LogP contribution in [-0.4, -0.2) is 19.2 Å². The van der Waals surface area contributed by atoms with Crippen molar-refractivity contribution in [3.63, 3.8) is 0 Å². The van der Waals surface area contributed by atoms with Gasteiger partial charge in [0.15, 0.2) is 0 Å². The van der Waals surface area contributed by atoms with E-state index in [1.165, 1.54) is 13.2 Å². The fraction of sp³-hybridized carbons (Fsp3) is 0.111. The standard InChI is InChI=1S/C18H16ClNO4/c1-23-17(21)16(11-14-9-5-6-10-15(14)19)20-18(22)24-12-13-7-3-2-4-8-13/h2-11H,12H2,1H3,(H,20,22)/b16-11-. The third-order valence-corrected chi connectivity index (χ3v) is 3.40. The average Bonchev–Trinajstić information content (AvgIpc) is 2.61. The Hall–Kier alpha value is -2.79. The molecule has 0 aliphatic carbocycles. The molecule has 0 aliphatic rings. The number of methoxy groups -OCH3 is 1. The Morgan fingerprint density at radius 1 is 1.08 bits per heavy atom. The smallest absolute Gasteiger partial charge is 0.412 e. The molecule has 2 aromatic rings. The summed E-state index contributed by atoms with van der Waals surface area (Å²) < 4.78 is 9.76. The first-order valence-corrected chi connectivity index (χ1v) is 7.50. The number of halogens is 1. The number of ether oxygens (including phenoxy) is 2. The number of hydrogen-bond donors (Lipinski definition) is 1. The minimum atomic E-state index is -0.762. The molecule has 0 radical (unpaired) electrons. The van der Waals surface area contributed by atoms with Crippen LogP contribution in [0.1, 0.15) is 11.1 Å². The molecule has 0 aromatic heterocycles. The number of carbonyl (C=O) groups excluding carboxylic acids is 2. The number of nitrogens with one attached hydrogen (secondary N) is 1. The second kappa shape index (κ2) is 8.74. The van der Waals surface area contributed by atoms with Gasteiger partial charge in [0.25, 0.3) is 0 Å². The van der Waals surface area contributed by atoms with Crippen LogP contribution >= 0.6 is 11.6 Å². The van der Waals surface area contributed by atoms with E-state index in [1.807, 2.05) is 30.3 Å². The van der Waals surface area contributed by atoms with Crippen LogP contribution in [0.4, 0.5) is 4.79 Å². The van der Waals surface area contributed by atoms with Crippen molar-refractivity contribution in [3.05, 3.63) is 76.4 Å². The number of carbonyl (C=O) groups is 2. The van der Waals surface area contributed by atoms with E-state index in [4.69, 9.17) is 16.3 Å². The van der Waals surface area contributed by atoms with E-state index in [1.54, 1.807) is 24.3 Å². The molecule has 0 aliphatic heterocycles. The zero-order valence-corrected chi connectivity index (χ0v) is 13.7. The Balaban J connectivity index is 2.07. The molecular formula is C18H16ClNO4. The fourth-order valence-electron chi connectivity index (χ4n) is 1.87. The molecule has 0 atom stereocenters. The molecular weight excluding hydrogens is 330 g/mol. The van der Waals surface area contributed by atoms with Crippen molar-refractivity contribution < 1.29 is 19.1 Å². The van der Waals surface area contributed by atoms with Crippen molar-refractivity contribution in [2.75, 3.05) is 7.11 Å². The van der Waals surface area contributed by atoms with E-state index in [9.17, 15) is 9.59 Å². The van der Waals surface area contributed by atoms with Crippen molar-refractivity contribution in [2.24, 2.45) is 0 Å². The molecule has 0 saturated heterocycles. The molecule has 2 rings (SSSR count). The molecule has 24 heavy (non-hydrogen) atoms. The minimum Gasteiger partial charge on any atom is -0.464 e. The Morgan fingerprint density at radius 3 is 2.42 bits per heavy atom. The van der Waals surface area contributed by atoms with Crippen LogP contribution in [0, 0.1) is 0 Å². The average molecular weight is 346 g/mol.